The monoisotopic (exact) mass is 385 g/mol. The van der Waals surface area contributed by atoms with Gasteiger partial charge in [0.15, 0.2) is 0 Å². The van der Waals surface area contributed by atoms with Gasteiger partial charge in [-0.2, -0.15) is 0 Å². The predicted octanol–water partition coefficient (Wildman–Crippen LogP) is -0.572. The van der Waals surface area contributed by atoms with E-state index in [-0.39, 0.29) is 17.8 Å². The van der Waals surface area contributed by atoms with Gasteiger partial charge in [-0.1, -0.05) is 0 Å². The zero-order chi connectivity index (χ0) is 18.9. The van der Waals surface area contributed by atoms with Crippen LogP contribution in [0.1, 0.15) is 12.2 Å². The molecule has 0 aliphatic carbocycles. The van der Waals surface area contributed by atoms with Gasteiger partial charge in [-0.15, -0.1) is 0 Å². The van der Waals surface area contributed by atoms with Gasteiger partial charge < -0.3 is 14.6 Å². The molecule has 0 spiro atoms. The minimum absolute atomic E-state index is 0.0917. The van der Waals surface area contributed by atoms with Gasteiger partial charge in [0.1, 0.15) is 5.82 Å². The number of aliphatic hydroxyl groups is 1. The van der Waals surface area contributed by atoms with Crippen LogP contribution in [0, 0.1) is 11.3 Å². The average Bonchev–Trinajstić information content (AvgIpc) is 3.20. The summed E-state index contributed by atoms with van der Waals surface area (Å²) in [6.07, 6.45) is 4.40. The number of hydrogen-bond donors (Lipinski definition) is 1. The Kier molecular flexibility index (Phi) is 5.74. The van der Waals surface area contributed by atoms with Crippen molar-refractivity contribution in [1.82, 2.24) is 23.7 Å². The van der Waals surface area contributed by atoms with E-state index in [9.17, 15) is 13.5 Å². The van der Waals surface area contributed by atoms with Gasteiger partial charge in [0, 0.05) is 65.1 Å². The summed E-state index contributed by atoms with van der Waals surface area (Å²) in [6, 6.07) is 0. The first-order chi connectivity index (χ1) is 12.3. The van der Waals surface area contributed by atoms with Crippen molar-refractivity contribution in [3.63, 3.8) is 0 Å². The molecule has 0 bridgehead atoms. The molecule has 0 amide bonds. The highest BCUT2D eigenvalue weighted by Gasteiger charge is 2.51. The molecule has 1 aromatic heterocycles. The average molecular weight is 386 g/mol. The molecule has 1 N–H and O–H groups in total. The van der Waals surface area contributed by atoms with Crippen molar-refractivity contribution < 1.29 is 13.5 Å². The third-order valence-electron chi connectivity index (χ3n) is 5.93. The van der Waals surface area contributed by atoms with Crippen molar-refractivity contribution in [2.24, 2.45) is 18.4 Å². The lowest BCUT2D eigenvalue weighted by atomic mass is 9.82. The van der Waals surface area contributed by atoms with Crippen LogP contribution in [0.3, 0.4) is 0 Å². The Hall–Kier alpha value is -1.00. The number of sulfonamides is 1. The number of aromatic nitrogens is 2. The van der Waals surface area contributed by atoms with E-state index in [1.165, 1.54) is 4.31 Å². The summed E-state index contributed by atoms with van der Waals surface area (Å²) >= 11 is 0. The van der Waals surface area contributed by atoms with E-state index in [0.29, 0.717) is 12.3 Å². The summed E-state index contributed by atoms with van der Waals surface area (Å²) < 4.78 is 27.1. The van der Waals surface area contributed by atoms with E-state index >= 15 is 0 Å². The molecule has 2 fully saturated rings. The van der Waals surface area contributed by atoms with Gasteiger partial charge in [-0.25, -0.2) is 17.7 Å². The lowest BCUT2D eigenvalue weighted by molar-refractivity contribution is 0.111. The van der Waals surface area contributed by atoms with Gasteiger partial charge in [0.2, 0.25) is 10.0 Å². The first kappa shape index (κ1) is 19.8. The fraction of sp³-hybridized carbons (Fsp3) is 0.824. The Morgan fingerprint density at radius 1 is 1.31 bits per heavy atom. The van der Waals surface area contributed by atoms with Crippen molar-refractivity contribution >= 4 is 10.0 Å². The van der Waals surface area contributed by atoms with Gasteiger partial charge in [0.25, 0.3) is 0 Å². The fourth-order valence-electron chi connectivity index (χ4n) is 4.32. The van der Waals surface area contributed by atoms with Crippen molar-refractivity contribution in [3.8, 4) is 0 Å². The second-order valence-electron chi connectivity index (χ2n) is 8.03. The molecule has 2 aliphatic heterocycles. The molecule has 0 radical (unpaired) electrons. The molecule has 3 rings (SSSR count). The Balaban J connectivity index is 1.53. The van der Waals surface area contributed by atoms with Gasteiger partial charge in [-0.3, -0.25) is 4.90 Å². The number of fused-ring (bicyclic) bond motifs is 1. The lowest BCUT2D eigenvalue weighted by Gasteiger charge is -2.27. The molecule has 2 saturated heterocycles. The molecule has 148 valence electrons. The van der Waals surface area contributed by atoms with E-state index in [1.807, 2.05) is 24.0 Å². The van der Waals surface area contributed by atoms with Gasteiger partial charge in [0.05, 0.1) is 18.9 Å². The van der Waals surface area contributed by atoms with Crippen molar-refractivity contribution in [2.75, 3.05) is 59.2 Å². The summed E-state index contributed by atoms with van der Waals surface area (Å²) in [7, 11) is 2.02. The predicted molar refractivity (Wildman–Crippen MR) is 100 cm³/mol. The molecule has 0 saturated carbocycles. The molecular weight excluding hydrogens is 354 g/mol. The fourth-order valence-corrected chi connectivity index (χ4v) is 5.18. The number of nitrogens with zero attached hydrogens (tertiary/aromatic N) is 5. The van der Waals surface area contributed by atoms with Crippen LogP contribution in [0.5, 0.6) is 0 Å². The summed E-state index contributed by atoms with van der Waals surface area (Å²) in [5.41, 5.74) is -0.0917. The summed E-state index contributed by atoms with van der Waals surface area (Å²) in [6.45, 7) is 5.36. The molecule has 2 unspecified atom stereocenters. The second-order valence-corrected chi connectivity index (χ2v) is 10.3. The number of aliphatic hydroxyl groups excluding tert-OH is 1. The topological polar surface area (TPSA) is 81.9 Å². The van der Waals surface area contributed by atoms with Crippen molar-refractivity contribution in [1.29, 1.82) is 0 Å². The Morgan fingerprint density at radius 2 is 2.00 bits per heavy atom. The zero-order valence-electron chi connectivity index (χ0n) is 16.0. The highest BCUT2D eigenvalue weighted by atomic mass is 32.2. The molecular formula is C17H31N5O3S. The van der Waals surface area contributed by atoms with E-state index in [4.69, 9.17) is 0 Å². The number of imidazole rings is 1. The van der Waals surface area contributed by atoms with Crippen LogP contribution >= 0.6 is 0 Å². The summed E-state index contributed by atoms with van der Waals surface area (Å²) in [5.74, 6) is 1.65. The number of aryl methyl sites for hydroxylation is 1. The van der Waals surface area contributed by atoms with E-state index < -0.39 is 10.0 Å². The largest absolute Gasteiger partial charge is 0.396 e. The molecule has 8 nitrogen and oxygen atoms in total. The van der Waals surface area contributed by atoms with Crippen LogP contribution in [0.15, 0.2) is 12.4 Å². The molecule has 2 aliphatic rings. The smallest absolute Gasteiger partial charge is 0.213 e. The van der Waals surface area contributed by atoms with Crippen LogP contribution in [-0.2, 0) is 23.6 Å². The maximum absolute atomic E-state index is 11.9. The Bertz CT molecular complexity index is 720. The molecule has 3 heterocycles. The highest BCUT2D eigenvalue weighted by molar-refractivity contribution is 7.89. The molecule has 0 aromatic carbocycles. The van der Waals surface area contributed by atoms with Crippen LogP contribution in [0.25, 0.3) is 0 Å². The molecule has 1 aromatic rings. The second kappa shape index (κ2) is 7.55. The van der Waals surface area contributed by atoms with Gasteiger partial charge in [-0.05, 0) is 18.9 Å². The molecule has 9 heteroatoms. The molecule has 2 atom stereocenters. The Morgan fingerprint density at radius 3 is 2.58 bits per heavy atom. The maximum Gasteiger partial charge on any atom is 0.213 e. The standard InChI is InChI=1S/C17H31N5O3S/c1-19(2)26(24,25)8-4-6-21-9-15-10-22(13-17(15,12-21)14-23)11-16-18-5-7-20(16)3/h5,7,15,23H,4,6,8-14H2,1-3H3. The number of likely N-dealkylation sites (tertiary alicyclic amines) is 2. The normalized spacial score (nSPS) is 27.5. The Labute approximate surface area is 156 Å². The van der Waals surface area contributed by atoms with E-state index in [2.05, 4.69) is 14.8 Å². The minimum atomic E-state index is -3.13. The number of hydrogen-bond acceptors (Lipinski definition) is 6. The number of rotatable bonds is 8. The van der Waals surface area contributed by atoms with Gasteiger partial charge >= 0.3 is 0 Å². The van der Waals surface area contributed by atoms with E-state index in [1.54, 1.807) is 14.1 Å². The van der Waals surface area contributed by atoms with E-state index in [0.717, 1.165) is 45.1 Å². The first-order valence-electron chi connectivity index (χ1n) is 9.18. The summed E-state index contributed by atoms with van der Waals surface area (Å²) in [5, 5.41) is 10.1. The maximum atomic E-state index is 11.9. The highest BCUT2D eigenvalue weighted by Crippen LogP contribution is 2.42. The first-order valence-corrected chi connectivity index (χ1v) is 10.8. The SMILES string of the molecule is CN(C)S(=O)(=O)CCCN1CC2CN(Cc3nccn3C)CC2(CO)C1. The van der Waals surface area contributed by atoms with Crippen LogP contribution in [-0.4, -0.2) is 96.4 Å². The zero-order valence-corrected chi connectivity index (χ0v) is 16.8. The molecule has 26 heavy (non-hydrogen) atoms. The van der Waals surface area contributed by atoms with Crippen LogP contribution in [0.2, 0.25) is 0 Å². The van der Waals surface area contributed by atoms with Crippen LogP contribution in [0.4, 0.5) is 0 Å². The van der Waals surface area contributed by atoms with Crippen LogP contribution < -0.4 is 0 Å². The quantitative estimate of drug-likeness (QED) is 0.645. The summed E-state index contributed by atoms with van der Waals surface area (Å²) in [4.78, 5) is 9.11. The lowest BCUT2D eigenvalue weighted by Crippen LogP contribution is -2.37. The third kappa shape index (κ3) is 3.96. The van der Waals surface area contributed by atoms with Crippen molar-refractivity contribution in [3.05, 3.63) is 18.2 Å². The van der Waals surface area contributed by atoms with Crippen molar-refractivity contribution in [2.45, 2.75) is 13.0 Å². The third-order valence-corrected chi connectivity index (χ3v) is 7.85. The minimum Gasteiger partial charge on any atom is -0.396 e.